The Kier molecular flexibility index (Phi) is 12.2. The number of carbonyl (C=O) groups is 4. The molecule has 1 spiro atoms. The molecule has 1 saturated carbocycles. The molecule has 1 aliphatic carbocycles. The Morgan fingerprint density at radius 1 is 1.03 bits per heavy atom. The lowest BCUT2D eigenvalue weighted by Gasteiger charge is -2.43. The van der Waals surface area contributed by atoms with Crippen molar-refractivity contribution >= 4 is 75.3 Å². The maximum atomic E-state index is 14.0. The molecule has 3 N–H and O–H groups in total. The molecule has 1 atom stereocenters. The Morgan fingerprint density at radius 3 is 2.42 bits per heavy atom. The number of benzene rings is 3. The molecule has 0 bridgehead atoms. The number of aryl methyl sites for hydroxylation is 1. The molecule has 3 aliphatic heterocycles. The van der Waals surface area contributed by atoms with E-state index < -0.39 is 34.8 Å². The van der Waals surface area contributed by atoms with Gasteiger partial charge in [0.2, 0.25) is 17.7 Å². The van der Waals surface area contributed by atoms with Crippen molar-refractivity contribution in [2.75, 3.05) is 46.7 Å². The average molecular weight is 850 g/mol. The molecule has 12 nitrogen and oxygen atoms in total. The van der Waals surface area contributed by atoms with E-state index in [9.17, 15) is 37.6 Å². The van der Waals surface area contributed by atoms with Gasteiger partial charge in [0.15, 0.2) is 5.11 Å². The molecule has 4 amide bonds. The van der Waals surface area contributed by atoms with Crippen molar-refractivity contribution in [3.63, 3.8) is 0 Å². The molecule has 0 radical (unpaired) electrons. The second kappa shape index (κ2) is 17.2. The largest absolute Gasteiger partial charge is 0.493 e. The fraction of sp³-hybridized carbons (Fsp3) is 0.429. The molecular formula is C42H43ClF3N7O5S. The van der Waals surface area contributed by atoms with Crippen molar-refractivity contribution in [2.45, 2.75) is 82.5 Å². The Labute approximate surface area is 350 Å². The van der Waals surface area contributed by atoms with Gasteiger partial charge in [0.1, 0.15) is 17.3 Å². The van der Waals surface area contributed by atoms with Crippen LogP contribution in [-0.2, 0) is 31.8 Å². The minimum Gasteiger partial charge on any atom is -0.493 e. The zero-order valence-electron chi connectivity index (χ0n) is 32.3. The van der Waals surface area contributed by atoms with Gasteiger partial charge in [0, 0.05) is 28.5 Å². The molecule has 7 rings (SSSR count). The van der Waals surface area contributed by atoms with E-state index >= 15 is 0 Å². The van der Waals surface area contributed by atoms with E-state index in [1.54, 1.807) is 29.2 Å². The van der Waals surface area contributed by atoms with E-state index in [1.807, 2.05) is 25.1 Å². The predicted molar refractivity (Wildman–Crippen MR) is 220 cm³/mol. The van der Waals surface area contributed by atoms with Crippen LogP contribution in [0.4, 0.5) is 35.9 Å². The van der Waals surface area contributed by atoms with Crippen molar-refractivity contribution in [2.24, 2.45) is 5.92 Å². The molecule has 3 aromatic carbocycles. The molecule has 3 aromatic rings. The van der Waals surface area contributed by atoms with Crippen LogP contribution in [0.25, 0.3) is 0 Å². The van der Waals surface area contributed by atoms with Gasteiger partial charge in [-0.15, -0.1) is 0 Å². The number of likely N-dealkylation sites (tertiary alicyclic amines) is 1. The highest BCUT2D eigenvalue weighted by molar-refractivity contribution is 7.81. The maximum Gasteiger partial charge on any atom is 0.417 e. The van der Waals surface area contributed by atoms with Gasteiger partial charge in [-0.05, 0) is 143 Å². The van der Waals surface area contributed by atoms with Crippen LogP contribution in [0.5, 0.6) is 5.75 Å². The molecular weight excluding hydrogens is 807 g/mol. The minimum absolute atomic E-state index is 0.0286. The molecule has 3 saturated heterocycles. The summed E-state index contributed by atoms with van der Waals surface area (Å²) >= 11 is 12.1. The fourth-order valence-electron chi connectivity index (χ4n) is 8.28. The SMILES string of the molecule is CCc1cc(N2C(=S)N(c3ccc(C#N)c(C(F)(F)F)c3)C(=O)C23CCC3)ccc1OCCC1CCN(CC(=O)Nc2cc(Cl)cc(NC3CCC(=O)NC3=O)c2)CC1. The number of ether oxygens (including phenoxy) is 1. The molecule has 1 unspecified atom stereocenters. The summed E-state index contributed by atoms with van der Waals surface area (Å²) in [5, 5.41) is 18.1. The number of thiocarbonyl (C=S) groups is 1. The van der Waals surface area contributed by atoms with Crippen LogP contribution in [0.3, 0.4) is 0 Å². The van der Waals surface area contributed by atoms with Crippen molar-refractivity contribution in [3.8, 4) is 11.8 Å². The first kappa shape index (κ1) is 41.9. The molecule has 4 fully saturated rings. The van der Waals surface area contributed by atoms with Gasteiger partial charge in [-0.25, -0.2) is 0 Å². The molecule has 4 aliphatic rings. The first-order valence-corrected chi connectivity index (χ1v) is 20.5. The van der Waals surface area contributed by atoms with Crippen LogP contribution in [0.1, 0.15) is 75.0 Å². The highest BCUT2D eigenvalue weighted by atomic mass is 35.5. The Bertz CT molecular complexity index is 2220. The number of imide groups is 1. The Balaban J connectivity index is 0.915. The summed E-state index contributed by atoms with van der Waals surface area (Å²) in [6.07, 6.45) is 0.840. The average Bonchev–Trinajstić information content (AvgIpc) is 3.42. The van der Waals surface area contributed by atoms with E-state index in [4.69, 9.17) is 28.6 Å². The highest BCUT2D eigenvalue weighted by Gasteiger charge is 2.59. The molecule has 3 heterocycles. The summed E-state index contributed by atoms with van der Waals surface area (Å²) in [4.78, 5) is 55.6. The Hall–Kier alpha value is -5.24. The van der Waals surface area contributed by atoms with Gasteiger partial charge in [0.25, 0.3) is 5.91 Å². The van der Waals surface area contributed by atoms with E-state index in [1.165, 1.54) is 11.0 Å². The number of piperidine rings is 2. The normalized spacial score (nSPS) is 19.7. The fourth-order valence-corrected chi connectivity index (χ4v) is 8.99. The number of nitriles is 1. The van der Waals surface area contributed by atoms with Gasteiger partial charge in [-0.2, -0.15) is 18.4 Å². The molecule has 59 heavy (non-hydrogen) atoms. The highest BCUT2D eigenvalue weighted by Crippen LogP contribution is 2.49. The number of hydrogen-bond donors (Lipinski definition) is 3. The first-order valence-electron chi connectivity index (χ1n) is 19.7. The third-order valence-electron chi connectivity index (χ3n) is 11.6. The van der Waals surface area contributed by atoms with Crippen molar-refractivity contribution in [1.29, 1.82) is 5.26 Å². The quantitative estimate of drug-likeness (QED) is 0.126. The number of rotatable bonds is 12. The van der Waals surface area contributed by atoms with Gasteiger partial charge in [-0.3, -0.25) is 34.3 Å². The number of carbonyl (C=O) groups excluding carboxylic acids is 4. The van der Waals surface area contributed by atoms with Crippen LogP contribution in [0.15, 0.2) is 54.6 Å². The van der Waals surface area contributed by atoms with E-state index in [2.05, 4.69) is 20.9 Å². The van der Waals surface area contributed by atoms with E-state index in [0.717, 1.165) is 56.5 Å². The van der Waals surface area contributed by atoms with Gasteiger partial charge in [0.05, 0.1) is 36.0 Å². The third kappa shape index (κ3) is 8.88. The lowest BCUT2D eigenvalue weighted by molar-refractivity contribution is -0.138. The number of nitrogens with zero attached hydrogens (tertiary/aromatic N) is 4. The number of hydrogen-bond acceptors (Lipinski definition) is 9. The van der Waals surface area contributed by atoms with Crippen LogP contribution >= 0.6 is 23.8 Å². The van der Waals surface area contributed by atoms with Crippen LogP contribution in [0.2, 0.25) is 5.02 Å². The van der Waals surface area contributed by atoms with Crippen LogP contribution < -0.4 is 30.5 Å². The summed E-state index contributed by atoms with van der Waals surface area (Å²) < 4.78 is 47.8. The summed E-state index contributed by atoms with van der Waals surface area (Å²) in [5.74, 6) is -0.156. The van der Waals surface area contributed by atoms with Gasteiger partial charge < -0.3 is 20.3 Å². The van der Waals surface area contributed by atoms with E-state index in [-0.39, 0.29) is 41.5 Å². The van der Waals surface area contributed by atoms with Crippen molar-refractivity contribution < 1.29 is 37.1 Å². The van der Waals surface area contributed by atoms with Crippen LogP contribution in [-0.4, -0.2) is 71.5 Å². The number of alkyl halides is 3. The second-order valence-electron chi connectivity index (χ2n) is 15.4. The topological polar surface area (TPSA) is 147 Å². The van der Waals surface area contributed by atoms with Crippen molar-refractivity contribution in [1.82, 2.24) is 10.2 Å². The lowest BCUT2D eigenvalue weighted by Crippen LogP contribution is -2.55. The second-order valence-corrected chi connectivity index (χ2v) is 16.2. The number of nitrogens with one attached hydrogen (secondary N) is 3. The smallest absolute Gasteiger partial charge is 0.417 e. The zero-order chi connectivity index (χ0) is 42.1. The molecule has 17 heteroatoms. The van der Waals surface area contributed by atoms with Crippen molar-refractivity contribution in [3.05, 3.63) is 76.3 Å². The maximum absolute atomic E-state index is 14.0. The van der Waals surface area contributed by atoms with E-state index in [0.29, 0.717) is 66.0 Å². The monoisotopic (exact) mass is 849 g/mol. The number of anilines is 4. The zero-order valence-corrected chi connectivity index (χ0v) is 33.9. The molecule has 0 aromatic heterocycles. The first-order chi connectivity index (χ1) is 28.2. The van der Waals surface area contributed by atoms with Gasteiger partial charge in [-0.1, -0.05) is 18.5 Å². The summed E-state index contributed by atoms with van der Waals surface area (Å²) in [6, 6.07) is 14.8. The predicted octanol–water partition coefficient (Wildman–Crippen LogP) is 7.19. The summed E-state index contributed by atoms with van der Waals surface area (Å²) in [5.41, 5.74) is -0.0535. The Morgan fingerprint density at radius 2 is 1.76 bits per heavy atom. The molecule has 310 valence electrons. The van der Waals surface area contributed by atoms with Crippen LogP contribution in [0, 0.1) is 17.2 Å². The standard InChI is InChI=1S/C42H43ClF3N7O5S/c1-2-26-18-32(53-40(59)52(39(57)41(53)13-3-14-41)31-5-4-27(23-47)33(22-31)42(44,45)46)6-8-35(26)58-17-12-25-10-15-51(16-11-25)24-37(55)49-30-20-28(43)19-29(21-30)48-34-7-9-36(54)50-38(34)56/h4-6,8,18-22,25,34,48H,2-3,7,9-17,24H2,1H3,(H,49,55)(H,50,54,56). The lowest BCUT2D eigenvalue weighted by atomic mass is 9.75. The third-order valence-corrected chi connectivity index (χ3v) is 12.2. The summed E-state index contributed by atoms with van der Waals surface area (Å²) in [6.45, 7) is 4.19. The number of amides is 4. The minimum atomic E-state index is -4.78. The van der Waals surface area contributed by atoms with Gasteiger partial charge >= 0.3 is 6.18 Å². The summed E-state index contributed by atoms with van der Waals surface area (Å²) in [7, 11) is 0. The number of halogens is 4.